The minimum absolute atomic E-state index is 0.254. The molecule has 0 saturated heterocycles. The van der Waals surface area contributed by atoms with Crippen LogP contribution < -0.4 is 4.74 Å². The van der Waals surface area contributed by atoms with Crippen molar-refractivity contribution in [2.75, 3.05) is 0 Å². The Morgan fingerprint density at radius 2 is 1.89 bits per heavy atom. The number of nitrogens with zero attached hydrogens (tertiary/aromatic N) is 4. The van der Waals surface area contributed by atoms with Crippen LogP contribution in [0.15, 0.2) is 47.9 Å². The number of ether oxygens (including phenoxy) is 1. The van der Waals surface area contributed by atoms with Gasteiger partial charge in [-0.3, -0.25) is 9.55 Å². The Labute approximate surface area is 172 Å². The molecule has 0 bridgehead atoms. The topological polar surface area (TPSA) is 52.8 Å². The molecule has 3 aromatic rings. The quantitative estimate of drug-likeness (QED) is 0.520. The van der Waals surface area contributed by atoms with Gasteiger partial charge < -0.3 is 4.74 Å². The third kappa shape index (κ3) is 4.57. The Morgan fingerprint density at radius 3 is 2.59 bits per heavy atom. The van der Waals surface area contributed by atoms with Crippen LogP contribution in [0.2, 0.25) is 10.0 Å². The van der Waals surface area contributed by atoms with Crippen molar-refractivity contribution in [3.8, 4) is 11.4 Å². The van der Waals surface area contributed by atoms with Gasteiger partial charge in [0, 0.05) is 21.5 Å². The molecule has 5 nitrogen and oxygen atoms in total. The molecule has 0 amide bonds. The van der Waals surface area contributed by atoms with E-state index < -0.39 is 0 Å². The van der Waals surface area contributed by atoms with Gasteiger partial charge >= 0.3 is 0 Å². The maximum absolute atomic E-state index is 6.05. The Balaban J connectivity index is 1.60. The van der Waals surface area contributed by atoms with E-state index in [1.807, 2.05) is 22.9 Å². The zero-order chi connectivity index (χ0) is 18.6. The van der Waals surface area contributed by atoms with Crippen LogP contribution in [0.5, 0.6) is 5.75 Å². The molecule has 4 rings (SSSR count). The number of halogens is 2. The zero-order valence-electron chi connectivity index (χ0n) is 14.5. The summed E-state index contributed by atoms with van der Waals surface area (Å²) in [5, 5.41) is 11.3. The fraction of sp³-hybridized carbons (Fsp3) is 0.316. The van der Waals surface area contributed by atoms with E-state index in [4.69, 9.17) is 27.9 Å². The number of thioether (sulfide) groups is 1. The first-order valence-electron chi connectivity index (χ1n) is 8.79. The van der Waals surface area contributed by atoms with Gasteiger partial charge in [0.25, 0.3) is 0 Å². The van der Waals surface area contributed by atoms with Gasteiger partial charge in [0.05, 0.1) is 11.9 Å². The van der Waals surface area contributed by atoms with Gasteiger partial charge in [0.2, 0.25) is 0 Å². The normalized spacial score (nSPS) is 14.6. The summed E-state index contributed by atoms with van der Waals surface area (Å²) >= 11 is 13.9. The minimum Gasteiger partial charge on any atom is -0.485 e. The molecule has 0 atom stereocenters. The van der Waals surface area contributed by atoms with Crippen LogP contribution in [0.1, 0.15) is 31.5 Å². The van der Waals surface area contributed by atoms with Crippen LogP contribution in [0, 0.1) is 0 Å². The molecule has 1 aromatic carbocycles. The molecule has 1 aliphatic rings. The largest absolute Gasteiger partial charge is 0.485 e. The van der Waals surface area contributed by atoms with Gasteiger partial charge in [-0.2, -0.15) is 0 Å². The van der Waals surface area contributed by atoms with Gasteiger partial charge in [0.1, 0.15) is 12.4 Å². The van der Waals surface area contributed by atoms with Crippen molar-refractivity contribution in [2.24, 2.45) is 0 Å². The first-order valence-corrected chi connectivity index (χ1v) is 10.4. The number of benzene rings is 1. The van der Waals surface area contributed by atoms with Gasteiger partial charge in [-0.25, -0.2) is 0 Å². The highest BCUT2D eigenvalue weighted by Gasteiger charge is 2.22. The Kier molecular flexibility index (Phi) is 5.86. The van der Waals surface area contributed by atoms with Crippen LogP contribution in [0.4, 0.5) is 0 Å². The first-order chi connectivity index (χ1) is 13.2. The van der Waals surface area contributed by atoms with E-state index in [2.05, 4.69) is 15.2 Å². The molecule has 0 N–H and O–H groups in total. The third-order valence-corrected chi connectivity index (χ3v) is 6.10. The second-order valence-electron chi connectivity index (χ2n) is 6.36. The van der Waals surface area contributed by atoms with Crippen LogP contribution in [0.25, 0.3) is 5.69 Å². The molecular formula is C19H18Cl2N4OS. The van der Waals surface area contributed by atoms with Crippen LogP contribution >= 0.6 is 35.0 Å². The lowest BCUT2D eigenvalue weighted by Gasteiger charge is -2.13. The highest BCUT2D eigenvalue weighted by molar-refractivity contribution is 7.99. The molecule has 0 radical (unpaired) electrons. The molecule has 1 aliphatic carbocycles. The smallest absolute Gasteiger partial charge is 0.196 e. The summed E-state index contributed by atoms with van der Waals surface area (Å²) in [6, 6.07) is 9.03. The summed E-state index contributed by atoms with van der Waals surface area (Å²) in [5.74, 6) is 1.30. The predicted molar refractivity (Wildman–Crippen MR) is 108 cm³/mol. The van der Waals surface area contributed by atoms with Crippen molar-refractivity contribution < 1.29 is 4.74 Å². The van der Waals surface area contributed by atoms with E-state index in [1.165, 1.54) is 25.7 Å². The summed E-state index contributed by atoms with van der Waals surface area (Å²) in [5.41, 5.74) is 0.922. The van der Waals surface area contributed by atoms with Crippen molar-refractivity contribution >= 4 is 35.0 Å². The summed E-state index contributed by atoms with van der Waals surface area (Å²) in [7, 11) is 0. The number of pyridine rings is 1. The van der Waals surface area contributed by atoms with Crippen molar-refractivity contribution in [1.82, 2.24) is 19.7 Å². The average molecular weight is 421 g/mol. The summed E-state index contributed by atoms with van der Waals surface area (Å²) in [6.45, 7) is 0.254. The summed E-state index contributed by atoms with van der Waals surface area (Å²) < 4.78 is 7.89. The maximum atomic E-state index is 6.05. The van der Waals surface area contributed by atoms with Crippen molar-refractivity contribution in [2.45, 2.75) is 42.7 Å². The SMILES string of the molecule is Clc1cc(Cl)cc(OCc2nnc(SC3CCCC3)n2-c2cccnc2)c1. The molecule has 1 saturated carbocycles. The standard InChI is InChI=1S/C19H18Cl2N4OS/c20-13-8-14(21)10-16(9-13)26-12-18-23-24-19(27-17-5-1-2-6-17)25(18)15-4-3-7-22-11-15/h3-4,7-11,17H,1-2,5-6,12H2. The second-order valence-corrected chi connectivity index (χ2v) is 8.50. The molecule has 1 fully saturated rings. The van der Waals surface area contributed by atoms with Crippen LogP contribution in [0.3, 0.4) is 0 Å². The number of rotatable bonds is 6. The Bertz CT molecular complexity index is 893. The van der Waals surface area contributed by atoms with Crippen molar-refractivity contribution in [1.29, 1.82) is 0 Å². The second kappa shape index (κ2) is 8.50. The minimum atomic E-state index is 0.254. The molecule has 27 heavy (non-hydrogen) atoms. The van der Waals surface area contributed by atoms with E-state index in [0.717, 1.165) is 10.8 Å². The van der Waals surface area contributed by atoms with Gasteiger partial charge in [0.15, 0.2) is 11.0 Å². The molecular weight excluding hydrogens is 403 g/mol. The molecule has 8 heteroatoms. The molecule has 2 heterocycles. The summed E-state index contributed by atoms with van der Waals surface area (Å²) in [4.78, 5) is 4.23. The molecule has 0 aliphatic heterocycles. The molecule has 140 valence electrons. The lowest BCUT2D eigenvalue weighted by molar-refractivity contribution is 0.293. The van der Waals surface area contributed by atoms with E-state index in [0.29, 0.717) is 26.9 Å². The number of aromatic nitrogens is 4. The van der Waals surface area contributed by atoms with Crippen LogP contribution in [-0.2, 0) is 6.61 Å². The monoisotopic (exact) mass is 420 g/mol. The van der Waals surface area contributed by atoms with E-state index >= 15 is 0 Å². The number of hydrogen-bond donors (Lipinski definition) is 0. The van der Waals surface area contributed by atoms with E-state index in [9.17, 15) is 0 Å². The third-order valence-electron chi connectivity index (χ3n) is 4.38. The van der Waals surface area contributed by atoms with Gasteiger partial charge in [-0.15, -0.1) is 10.2 Å². The van der Waals surface area contributed by atoms with Gasteiger partial charge in [-0.05, 0) is 43.2 Å². The van der Waals surface area contributed by atoms with Gasteiger partial charge in [-0.1, -0.05) is 47.8 Å². The highest BCUT2D eigenvalue weighted by Crippen LogP contribution is 2.35. The Morgan fingerprint density at radius 1 is 1.11 bits per heavy atom. The highest BCUT2D eigenvalue weighted by atomic mass is 35.5. The Hall–Kier alpha value is -1.76. The van der Waals surface area contributed by atoms with Crippen molar-refractivity contribution in [3.63, 3.8) is 0 Å². The fourth-order valence-electron chi connectivity index (χ4n) is 3.13. The number of hydrogen-bond acceptors (Lipinski definition) is 5. The fourth-order valence-corrected chi connectivity index (χ4v) is 4.91. The van der Waals surface area contributed by atoms with E-state index in [-0.39, 0.29) is 6.61 Å². The molecule has 0 spiro atoms. The van der Waals surface area contributed by atoms with Crippen molar-refractivity contribution in [3.05, 3.63) is 58.6 Å². The average Bonchev–Trinajstić information content (AvgIpc) is 3.30. The lowest BCUT2D eigenvalue weighted by atomic mass is 10.3. The maximum Gasteiger partial charge on any atom is 0.196 e. The zero-order valence-corrected chi connectivity index (χ0v) is 16.8. The lowest BCUT2D eigenvalue weighted by Crippen LogP contribution is -2.08. The summed E-state index contributed by atoms with van der Waals surface area (Å²) in [6.07, 6.45) is 8.56. The van der Waals surface area contributed by atoms with Crippen LogP contribution in [-0.4, -0.2) is 25.0 Å². The molecule has 2 aromatic heterocycles. The molecule has 0 unspecified atom stereocenters. The first kappa shape index (κ1) is 18.6. The predicted octanol–water partition coefficient (Wildman–Crippen LogP) is 5.58. The van der Waals surface area contributed by atoms with E-state index in [1.54, 1.807) is 36.2 Å².